The molecule has 2 rings (SSSR count). The van der Waals surface area contributed by atoms with Crippen molar-refractivity contribution in [2.24, 2.45) is 5.73 Å². The van der Waals surface area contributed by atoms with Crippen LogP contribution in [0.4, 0.5) is 0 Å². The summed E-state index contributed by atoms with van der Waals surface area (Å²) in [5.74, 6) is 0.805. The lowest BCUT2D eigenvalue weighted by atomic mass is 10.3. The van der Waals surface area contributed by atoms with Gasteiger partial charge in [0.15, 0.2) is 0 Å². The molecule has 0 aliphatic heterocycles. The summed E-state index contributed by atoms with van der Waals surface area (Å²) in [7, 11) is 1.65. The molecule has 0 unspecified atom stereocenters. The van der Waals surface area contributed by atoms with E-state index in [9.17, 15) is 0 Å². The molecule has 0 radical (unpaired) electrons. The molecule has 0 spiro atoms. The average molecular weight is 270 g/mol. The van der Waals surface area contributed by atoms with Gasteiger partial charge in [0.2, 0.25) is 0 Å². The number of ether oxygens (including phenoxy) is 1. The van der Waals surface area contributed by atoms with Crippen LogP contribution in [0.25, 0.3) is 5.65 Å². The van der Waals surface area contributed by atoms with E-state index in [1.165, 1.54) is 0 Å². The number of halogens is 1. The Morgan fingerprint density at radius 2 is 2.33 bits per heavy atom. The monoisotopic (exact) mass is 269 g/mol. The Labute approximate surface area is 96.2 Å². The molecule has 2 heterocycles. The second kappa shape index (κ2) is 4.20. The molecule has 0 saturated heterocycles. The number of fused-ring (bicyclic) bond motifs is 1. The topological polar surface area (TPSA) is 52.5 Å². The maximum atomic E-state index is 5.51. The van der Waals surface area contributed by atoms with Gasteiger partial charge in [-0.05, 0) is 34.6 Å². The lowest BCUT2D eigenvalue weighted by molar-refractivity contribution is 0.412. The molecular weight excluding hydrogens is 258 g/mol. The largest absolute Gasteiger partial charge is 0.495 e. The summed E-state index contributed by atoms with van der Waals surface area (Å²) in [6.45, 7) is 0.597. The maximum Gasteiger partial charge on any atom is 0.138 e. The van der Waals surface area contributed by atoms with Crippen molar-refractivity contribution in [1.29, 1.82) is 0 Å². The van der Waals surface area contributed by atoms with Gasteiger partial charge in [0, 0.05) is 6.42 Å². The van der Waals surface area contributed by atoms with E-state index in [1.54, 1.807) is 7.11 Å². The number of rotatable bonds is 3. The zero-order chi connectivity index (χ0) is 10.8. The van der Waals surface area contributed by atoms with Crippen molar-refractivity contribution in [3.63, 3.8) is 0 Å². The fourth-order valence-corrected chi connectivity index (χ4v) is 2.03. The number of aromatic nitrogens is 2. The third-order valence-corrected chi connectivity index (χ3v) is 3.06. The average Bonchev–Trinajstić information content (AvgIpc) is 2.56. The van der Waals surface area contributed by atoms with Crippen LogP contribution in [0.1, 0.15) is 5.69 Å². The van der Waals surface area contributed by atoms with Crippen molar-refractivity contribution in [2.45, 2.75) is 6.42 Å². The van der Waals surface area contributed by atoms with Crippen LogP contribution >= 0.6 is 15.9 Å². The van der Waals surface area contributed by atoms with Crippen molar-refractivity contribution < 1.29 is 4.74 Å². The molecule has 2 aromatic heterocycles. The Morgan fingerprint density at radius 3 is 3.00 bits per heavy atom. The normalized spacial score (nSPS) is 10.9. The summed E-state index contributed by atoms with van der Waals surface area (Å²) in [6.07, 6.45) is 2.66. The van der Waals surface area contributed by atoms with Crippen molar-refractivity contribution >= 4 is 21.6 Å². The first-order valence-corrected chi connectivity index (χ1v) is 5.46. The molecule has 4 nitrogen and oxygen atoms in total. The predicted octanol–water partition coefficient (Wildman–Crippen LogP) is 1.61. The summed E-state index contributed by atoms with van der Waals surface area (Å²) in [6, 6.07) is 3.81. The van der Waals surface area contributed by atoms with Crippen molar-refractivity contribution in [2.75, 3.05) is 13.7 Å². The van der Waals surface area contributed by atoms with E-state index in [4.69, 9.17) is 10.5 Å². The number of imidazole rings is 1. The van der Waals surface area contributed by atoms with Gasteiger partial charge in [0.05, 0.1) is 19.0 Å². The number of hydrogen-bond acceptors (Lipinski definition) is 3. The second-order valence-electron chi connectivity index (χ2n) is 3.19. The zero-order valence-electron chi connectivity index (χ0n) is 8.40. The van der Waals surface area contributed by atoms with Gasteiger partial charge >= 0.3 is 0 Å². The molecule has 5 heteroatoms. The zero-order valence-corrected chi connectivity index (χ0v) is 9.99. The van der Waals surface area contributed by atoms with Crippen LogP contribution in [0.15, 0.2) is 22.9 Å². The minimum atomic E-state index is 0.597. The minimum absolute atomic E-state index is 0.597. The SMILES string of the molecule is COc1ccc2nc(CCN)c(Br)n2c1. The van der Waals surface area contributed by atoms with Crippen LogP contribution in [0, 0.1) is 0 Å². The Kier molecular flexibility index (Phi) is 2.93. The minimum Gasteiger partial charge on any atom is -0.495 e. The summed E-state index contributed by atoms with van der Waals surface area (Å²) < 4.78 is 8.05. The van der Waals surface area contributed by atoms with Crippen molar-refractivity contribution in [1.82, 2.24) is 9.38 Å². The van der Waals surface area contributed by atoms with Crippen LogP contribution in [-0.4, -0.2) is 23.0 Å². The van der Waals surface area contributed by atoms with E-state index in [0.29, 0.717) is 6.54 Å². The molecule has 2 N–H and O–H groups in total. The van der Waals surface area contributed by atoms with Crippen LogP contribution in [0.2, 0.25) is 0 Å². The fourth-order valence-electron chi connectivity index (χ4n) is 1.46. The number of nitrogens with two attached hydrogens (primary N) is 1. The highest BCUT2D eigenvalue weighted by molar-refractivity contribution is 9.10. The molecule has 0 fully saturated rings. The quantitative estimate of drug-likeness (QED) is 0.921. The van der Waals surface area contributed by atoms with E-state index in [1.807, 2.05) is 22.7 Å². The van der Waals surface area contributed by atoms with E-state index in [2.05, 4.69) is 20.9 Å². The van der Waals surface area contributed by atoms with Gasteiger partial charge in [-0.25, -0.2) is 4.98 Å². The Balaban J connectivity index is 2.56. The third kappa shape index (κ3) is 1.85. The van der Waals surface area contributed by atoms with Crippen LogP contribution in [0.5, 0.6) is 5.75 Å². The molecule has 80 valence electrons. The Hall–Kier alpha value is -1.07. The first kappa shape index (κ1) is 10.4. The van der Waals surface area contributed by atoms with Gasteiger partial charge in [-0.1, -0.05) is 0 Å². The Morgan fingerprint density at radius 1 is 1.53 bits per heavy atom. The number of hydrogen-bond donors (Lipinski definition) is 1. The van der Waals surface area contributed by atoms with Crippen LogP contribution in [-0.2, 0) is 6.42 Å². The highest BCUT2D eigenvalue weighted by atomic mass is 79.9. The summed E-state index contributed by atoms with van der Waals surface area (Å²) in [5, 5.41) is 0. The molecule has 0 aliphatic rings. The highest BCUT2D eigenvalue weighted by Gasteiger charge is 2.09. The summed E-state index contributed by atoms with van der Waals surface area (Å²) >= 11 is 3.51. The van der Waals surface area contributed by atoms with E-state index in [-0.39, 0.29) is 0 Å². The summed E-state index contributed by atoms with van der Waals surface area (Å²) in [4.78, 5) is 4.46. The van der Waals surface area contributed by atoms with E-state index >= 15 is 0 Å². The molecule has 15 heavy (non-hydrogen) atoms. The van der Waals surface area contributed by atoms with Gasteiger partial charge < -0.3 is 10.5 Å². The number of methoxy groups -OCH3 is 1. The van der Waals surface area contributed by atoms with Gasteiger partial charge in [-0.15, -0.1) is 0 Å². The molecule has 2 aromatic rings. The second-order valence-corrected chi connectivity index (χ2v) is 3.94. The molecular formula is C10H12BrN3O. The molecule has 0 saturated carbocycles. The Bertz CT molecular complexity index is 481. The third-order valence-electron chi connectivity index (χ3n) is 2.22. The highest BCUT2D eigenvalue weighted by Crippen LogP contribution is 2.22. The van der Waals surface area contributed by atoms with Gasteiger partial charge in [0.1, 0.15) is 16.0 Å². The number of pyridine rings is 1. The van der Waals surface area contributed by atoms with Crippen LogP contribution in [0.3, 0.4) is 0 Å². The van der Waals surface area contributed by atoms with E-state index in [0.717, 1.165) is 28.1 Å². The van der Waals surface area contributed by atoms with Crippen molar-refractivity contribution in [3.05, 3.63) is 28.6 Å². The van der Waals surface area contributed by atoms with Gasteiger partial charge in [0.25, 0.3) is 0 Å². The summed E-state index contributed by atoms with van der Waals surface area (Å²) in [5.41, 5.74) is 7.38. The first-order chi connectivity index (χ1) is 7.26. The van der Waals surface area contributed by atoms with E-state index < -0.39 is 0 Å². The van der Waals surface area contributed by atoms with Gasteiger partial charge in [-0.2, -0.15) is 0 Å². The number of nitrogens with zero attached hydrogens (tertiary/aromatic N) is 2. The molecule has 0 aromatic carbocycles. The lowest BCUT2D eigenvalue weighted by Crippen LogP contribution is -2.03. The van der Waals surface area contributed by atoms with Crippen LogP contribution < -0.4 is 10.5 Å². The van der Waals surface area contributed by atoms with Crippen molar-refractivity contribution in [3.8, 4) is 5.75 Å². The predicted molar refractivity (Wildman–Crippen MR) is 62.2 cm³/mol. The lowest BCUT2D eigenvalue weighted by Gasteiger charge is -2.00. The smallest absolute Gasteiger partial charge is 0.138 e. The molecule has 0 atom stereocenters. The fraction of sp³-hybridized carbons (Fsp3) is 0.300. The standard InChI is InChI=1S/C10H12BrN3O/c1-15-7-2-3-9-13-8(4-5-12)10(11)14(9)6-7/h2-3,6H,4-5,12H2,1H3. The van der Waals surface area contributed by atoms with Gasteiger partial charge in [-0.3, -0.25) is 4.40 Å². The maximum absolute atomic E-state index is 5.51. The molecule has 0 aliphatic carbocycles. The molecule has 0 amide bonds. The first-order valence-electron chi connectivity index (χ1n) is 4.67. The molecule has 0 bridgehead atoms.